The van der Waals surface area contributed by atoms with Crippen molar-refractivity contribution >= 4 is 5.91 Å². The SMILES string of the molecule is CC1CN(C(=O)c2cc(-c3ccco3)nn2-c2ccccc2)CCN1. The molecule has 0 aliphatic carbocycles. The molecule has 1 aliphatic heterocycles. The highest BCUT2D eigenvalue weighted by Gasteiger charge is 2.26. The molecule has 6 nitrogen and oxygen atoms in total. The zero-order valence-corrected chi connectivity index (χ0v) is 14.1. The van der Waals surface area contributed by atoms with Crippen molar-refractivity contribution < 1.29 is 9.21 Å². The fraction of sp³-hybridized carbons (Fsp3) is 0.263. The lowest BCUT2D eigenvalue weighted by atomic mass is 10.2. The summed E-state index contributed by atoms with van der Waals surface area (Å²) < 4.78 is 7.16. The fourth-order valence-electron chi connectivity index (χ4n) is 3.12. The molecule has 3 heterocycles. The minimum absolute atomic E-state index is 0.0116. The van der Waals surface area contributed by atoms with E-state index >= 15 is 0 Å². The molecule has 1 unspecified atom stereocenters. The molecule has 128 valence electrons. The van der Waals surface area contributed by atoms with Gasteiger partial charge in [0.1, 0.15) is 11.4 Å². The Morgan fingerprint density at radius 3 is 2.80 bits per heavy atom. The van der Waals surface area contributed by atoms with Gasteiger partial charge in [-0.05, 0) is 31.2 Å². The van der Waals surface area contributed by atoms with Crippen LogP contribution in [0.2, 0.25) is 0 Å². The topological polar surface area (TPSA) is 63.3 Å². The van der Waals surface area contributed by atoms with Crippen LogP contribution in [-0.4, -0.2) is 46.3 Å². The van der Waals surface area contributed by atoms with E-state index in [2.05, 4.69) is 17.3 Å². The first kappa shape index (κ1) is 15.7. The molecule has 4 rings (SSSR count). The van der Waals surface area contributed by atoms with Crippen LogP contribution in [0.25, 0.3) is 17.1 Å². The van der Waals surface area contributed by atoms with Crippen LogP contribution in [-0.2, 0) is 0 Å². The average molecular weight is 336 g/mol. The van der Waals surface area contributed by atoms with Gasteiger partial charge in [-0.2, -0.15) is 5.10 Å². The van der Waals surface area contributed by atoms with Gasteiger partial charge in [0.05, 0.1) is 12.0 Å². The van der Waals surface area contributed by atoms with Crippen molar-refractivity contribution in [3.8, 4) is 17.1 Å². The Bertz CT molecular complexity index is 855. The third kappa shape index (κ3) is 3.08. The molecule has 1 aliphatic rings. The van der Waals surface area contributed by atoms with E-state index < -0.39 is 0 Å². The molecule has 6 heteroatoms. The summed E-state index contributed by atoms with van der Waals surface area (Å²) in [5.41, 5.74) is 2.05. The molecule has 1 saturated heterocycles. The highest BCUT2D eigenvalue weighted by atomic mass is 16.3. The number of rotatable bonds is 3. The highest BCUT2D eigenvalue weighted by molar-refractivity contribution is 5.94. The van der Waals surface area contributed by atoms with E-state index in [0.29, 0.717) is 30.2 Å². The summed E-state index contributed by atoms with van der Waals surface area (Å²) in [6, 6.07) is 15.5. The summed E-state index contributed by atoms with van der Waals surface area (Å²) in [5.74, 6) is 0.639. The van der Waals surface area contributed by atoms with Gasteiger partial charge in [0.2, 0.25) is 0 Å². The lowest BCUT2D eigenvalue weighted by Crippen LogP contribution is -2.51. The van der Waals surface area contributed by atoms with Crippen molar-refractivity contribution in [2.45, 2.75) is 13.0 Å². The highest BCUT2D eigenvalue weighted by Crippen LogP contribution is 2.23. The molecular weight excluding hydrogens is 316 g/mol. The quantitative estimate of drug-likeness (QED) is 0.798. The maximum absolute atomic E-state index is 13.1. The summed E-state index contributed by atoms with van der Waals surface area (Å²) in [7, 11) is 0. The predicted octanol–water partition coefficient (Wildman–Crippen LogP) is 2.57. The van der Waals surface area contributed by atoms with Crippen molar-refractivity contribution in [1.82, 2.24) is 20.0 Å². The van der Waals surface area contributed by atoms with Gasteiger partial charge >= 0.3 is 0 Å². The number of carbonyl (C=O) groups excluding carboxylic acids is 1. The van der Waals surface area contributed by atoms with Gasteiger partial charge in [-0.3, -0.25) is 4.79 Å². The normalized spacial score (nSPS) is 17.6. The van der Waals surface area contributed by atoms with Crippen molar-refractivity contribution in [3.05, 3.63) is 60.5 Å². The molecule has 25 heavy (non-hydrogen) atoms. The van der Waals surface area contributed by atoms with Crippen LogP contribution in [0.5, 0.6) is 0 Å². The number of aromatic nitrogens is 2. The summed E-state index contributed by atoms with van der Waals surface area (Å²) >= 11 is 0. The van der Waals surface area contributed by atoms with E-state index in [1.165, 1.54) is 0 Å². The maximum atomic E-state index is 13.1. The lowest BCUT2D eigenvalue weighted by molar-refractivity contribution is 0.0700. The first-order valence-electron chi connectivity index (χ1n) is 8.44. The predicted molar refractivity (Wildman–Crippen MR) is 94.6 cm³/mol. The number of para-hydroxylation sites is 1. The number of hydrogen-bond acceptors (Lipinski definition) is 4. The largest absolute Gasteiger partial charge is 0.463 e. The Labute approximate surface area is 146 Å². The fourth-order valence-corrected chi connectivity index (χ4v) is 3.12. The van der Waals surface area contributed by atoms with Crippen molar-refractivity contribution in [1.29, 1.82) is 0 Å². The van der Waals surface area contributed by atoms with E-state index in [1.807, 2.05) is 47.4 Å². The molecule has 0 bridgehead atoms. The number of hydrogen-bond donors (Lipinski definition) is 1. The molecule has 0 spiro atoms. The van der Waals surface area contributed by atoms with Gasteiger partial charge in [-0.15, -0.1) is 0 Å². The first-order chi connectivity index (χ1) is 12.2. The molecule has 0 saturated carbocycles. The minimum Gasteiger partial charge on any atom is -0.463 e. The second-order valence-corrected chi connectivity index (χ2v) is 6.25. The third-order valence-electron chi connectivity index (χ3n) is 4.36. The molecule has 1 amide bonds. The molecule has 1 atom stereocenters. The third-order valence-corrected chi connectivity index (χ3v) is 4.36. The molecule has 2 aromatic heterocycles. The number of carbonyl (C=O) groups is 1. The van der Waals surface area contributed by atoms with E-state index in [1.54, 1.807) is 17.0 Å². The van der Waals surface area contributed by atoms with Gasteiger partial charge < -0.3 is 14.6 Å². The Morgan fingerprint density at radius 1 is 1.24 bits per heavy atom. The van der Waals surface area contributed by atoms with E-state index in [4.69, 9.17) is 4.42 Å². The number of furan rings is 1. The summed E-state index contributed by atoms with van der Waals surface area (Å²) in [6.45, 7) is 4.27. The molecule has 0 radical (unpaired) electrons. The number of piperazine rings is 1. The van der Waals surface area contributed by atoms with Crippen molar-refractivity contribution in [2.24, 2.45) is 0 Å². The Morgan fingerprint density at radius 2 is 2.08 bits per heavy atom. The second-order valence-electron chi connectivity index (χ2n) is 6.25. The van der Waals surface area contributed by atoms with Gasteiger partial charge in [-0.1, -0.05) is 18.2 Å². The average Bonchev–Trinajstić information content (AvgIpc) is 3.31. The maximum Gasteiger partial charge on any atom is 0.272 e. The number of nitrogens with zero attached hydrogens (tertiary/aromatic N) is 3. The number of benzene rings is 1. The van der Waals surface area contributed by atoms with E-state index in [0.717, 1.165) is 12.2 Å². The monoisotopic (exact) mass is 336 g/mol. The van der Waals surface area contributed by atoms with Crippen LogP contribution in [0, 0.1) is 0 Å². The number of nitrogens with one attached hydrogen (secondary N) is 1. The summed E-state index contributed by atoms with van der Waals surface area (Å²) in [4.78, 5) is 15.0. The molecule has 3 aromatic rings. The first-order valence-corrected chi connectivity index (χ1v) is 8.44. The van der Waals surface area contributed by atoms with Crippen LogP contribution in [0.1, 0.15) is 17.4 Å². The van der Waals surface area contributed by atoms with E-state index in [-0.39, 0.29) is 11.9 Å². The van der Waals surface area contributed by atoms with Crippen LogP contribution < -0.4 is 5.32 Å². The smallest absolute Gasteiger partial charge is 0.272 e. The summed E-state index contributed by atoms with van der Waals surface area (Å²) in [5, 5.41) is 7.98. The Kier molecular flexibility index (Phi) is 4.11. The molecular formula is C19H20N4O2. The van der Waals surface area contributed by atoms with Crippen molar-refractivity contribution in [2.75, 3.05) is 19.6 Å². The van der Waals surface area contributed by atoms with Crippen LogP contribution in [0.4, 0.5) is 0 Å². The van der Waals surface area contributed by atoms with Gasteiger partial charge in [0, 0.05) is 31.7 Å². The van der Waals surface area contributed by atoms with E-state index in [9.17, 15) is 4.79 Å². The minimum atomic E-state index is -0.0116. The van der Waals surface area contributed by atoms with Crippen LogP contribution >= 0.6 is 0 Å². The van der Waals surface area contributed by atoms with Gasteiger partial charge in [0.15, 0.2) is 5.76 Å². The Hall–Kier alpha value is -2.86. The number of amides is 1. The van der Waals surface area contributed by atoms with Gasteiger partial charge in [-0.25, -0.2) is 4.68 Å². The van der Waals surface area contributed by atoms with Crippen LogP contribution in [0.3, 0.4) is 0 Å². The molecule has 1 fully saturated rings. The van der Waals surface area contributed by atoms with Crippen LogP contribution in [0.15, 0.2) is 59.2 Å². The summed E-state index contributed by atoms with van der Waals surface area (Å²) in [6.07, 6.45) is 1.61. The lowest BCUT2D eigenvalue weighted by Gasteiger charge is -2.31. The second kappa shape index (κ2) is 6.57. The molecule has 1 N–H and O–H groups in total. The standard InChI is InChI=1S/C19H20N4O2/c1-14-13-22(10-9-20-14)19(24)17-12-16(18-8-5-11-25-18)21-23(17)15-6-3-2-4-7-15/h2-8,11-12,14,20H,9-10,13H2,1H3. The van der Waals surface area contributed by atoms with Gasteiger partial charge in [0.25, 0.3) is 5.91 Å². The molecule has 1 aromatic carbocycles. The zero-order chi connectivity index (χ0) is 17.2. The van der Waals surface area contributed by atoms with Crippen molar-refractivity contribution in [3.63, 3.8) is 0 Å². The zero-order valence-electron chi connectivity index (χ0n) is 14.1. The Balaban J connectivity index is 1.76.